The van der Waals surface area contributed by atoms with Crippen LogP contribution in [-0.4, -0.2) is 24.4 Å². The maximum absolute atomic E-state index is 12.0. The lowest BCUT2D eigenvalue weighted by atomic mass is 10.1. The normalized spacial score (nSPS) is 11.8. The average molecular weight is 341 g/mol. The Balaban J connectivity index is 2.44. The van der Waals surface area contributed by atoms with Crippen molar-refractivity contribution in [2.45, 2.75) is 39.7 Å². The van der Waals surface area contributed by atoms with E-state index in [1.165, 1.54) is 0 Å². The summed E-state index contributed by atoms with van der Waals surface area (Å²) in [6, 6.07) is 5.70. The van der Waals surface area contributed by atoms with Gasteiger partial charge in [-0.2, -0.15) is 0 Å². The lowest BCUT2D eigenvalue weighted by Crippen LogP contribution is -2.35. The number of hydrogen-bond acceptors (Lipinski definition) is 2. The topological polar surface area (TPSA) is 58.2 Å². The Hall–Kier alpha value is -1.36. The van der Waals surface area contributed by atoms with Gasteiger partial charge in [0, 0.05) is 23.5 Å². The van der Waals surface area contributed by atoms with E-state index in [0.29, 0.717) is 18.5 Å². The van der Waals surface area contributed by atoms with E-state index in [1.807, 2.05) is 32.9 Å². The molecule has 110 valence electrons. The zero-order valence-corrected chi connectivity index (χ0v) is 13.7. The number of halogens is 1. The standard InChI is InChI=1S/C15H21BrN2O2/c1-4-11(3)18-13(19)8-9-17-15(20)12-7-5-6-10(2)14(12)16/h5-7,11H,4,8-9H2,1-3H3,(H,17,20)(H,18,19). The van der Waals surface area contributed by atoms with Crippen LogP contribution < -0.4 is 10.6 Å². The van der Waals surface area contributed by atoms with Gasteiger partial charge in [0.05, 0.1) is 5.56 Å². The molecular weight excluding hydrogens is 320 g/mol. The smallest absolute Gasteiger partial charge is 0.252 e. The van der Waals surface area contributed by atoms with Crippen molar-refractivity contribution in [3.8, 4) is 0 Å². The highest BCUT2D eigenvalue weighted by Gasteiger charge is 2.11. The van der Waals surface area contributed by atoms with Crippen LogP contribution in [0.3, 0.4) is 0 Å². The Kier molecular flexibility index (Phi) is 6.71. The van der Waals surface area contributed by atoms with E-state index in [4.69, 9.17) is 0 Å². The van der Waals surface area contributed by atoms with Crippen LogP contribution >= 0.6 is 15.9 Å². The first kappa shape index (κ1) is 16.7. The zero-order chi connectivity index (χ0) is 15.1. The minimum Gasteiger partial charge on any atom is -0.354 e. The minimum atomic E-state index is -0.170. The van der Waals surface area contributed by atoms with Crippen molar-refractivity contribution in [2.75, 3.05) is 6.54 Å². The number of rotatable bonds is 6. The van der Waals surface area contributed by atoms with Crippen molar-refractivity contribution >= 4 is 27.7 Å². The molecular formula is C15H21BrN2O2. The first-order valence-corrected chi connectivity index (χ1v) is 7.57. The van der Waals surface area contributed by atoms with Gasteiger partial charge in [-0.15, -0.1) is 0 Å². The molecule has 4 nitrogen and oxygen atoms in total. The van der Waals surface area contributed by atoms with Crippen molar-refractivity contribution in [3.05, 3.63) is 33.8 Å². The zero-order valence-electron chi connectivity index (χ0n) is 12.1. The van der Waals surface area contributed by atoms with Crippen LogP contribution in [0.4, 0.5) is 0 Å². The van der Waals surface area contributed by atoms with Gasteiger partial charge >= 0.3 is 0 Å². The lowest BCUT2D eigenvalue weighted by Gasteiger charge is -2.12. The van der Waals surface area contributed by atoms with Crippen LogP contribution in [0.25, 0.3) is 0 Å². The summed E-state index contributed by atoms with van der Waals surface area (Å²) in [6.45, 7) is 6.24. The molecule has 0 heterocycles. The minimum absolute atomic E-state index is 0.0389. The molecule has 0 saturated carbocycles. The lowest BCUT2D eigenvalue weighted by molar-refractivity contribution is -0.121. The predicted octanol–water partition coefficient (Wildman–Crippen LogP) is 2.79. The molecule has 0 spiro atoms. The van der Waals surface area contributed by atoms with Crippen molar-refractivity contribution in [3.63, 3.8) is 0 Å². The predicted molar refractivity (Wildman–Crippen MR) is 83.7 cm³/mol. The molecule has 5 heteroatoms. The van der Waals surface area contributed by atoms with Crippen molar-refractivity contribution < 1.29 is 9.59 Å². The van der Waals surface area contributed by atoms with Gasteiger partial charge in [-0.1, -0.05) is 19.1 Å². The summed E-state index contributed by atoms with van der Waals surface area (Å²) in [5.74, 6) is -0.208. The molecule has 1 aromatic rings. The number of nitrogens with one attached hydrogen (secondary N) is 2. The third kappa shape index (κ3) is 4.96. The molecule has 0 aliphatic heterocycles. The van der Waals surface area contributed by atoms with E-state index in [1.54, 1.807) is 6.07 Å². The largest absolute Gasteiger partial charge is 0.354 e. The second-order valence-corrected chi connectivity index (χ2v) is 5.61. The van der Waals surface area contributed by atoms with Gasteiger partial charge in [-0.05, 0) is 47.8 Å². The molecule has 1 rings (SSSR count). The summed E-state index contributed by atoms with van der Waals surface area (Å²) < 4.78 is 0.793. The van der Waals surface area contributed by atoms with E-state index in [0.717, 1.165) is 16.5 Å². The molecule has 1 atom stereocenters. The van der Waals surface area contributed by atoms with E-state index in [2.05, 4.69) is 26.6 Å². The van der Waals surface area contributed by atoms with Gasteiger partial charge in [0.1, 0.15) is 0 Å². The number of aryl methyl sites for hydroxylation is 1. The molecule has 2 N–H and O–H groups in total. The average Bonchev–Trinajstić information content (AvgIpc) is 2.41. The summed E-state index contributed by atoms with van der Waals surface area (Å²) in [5.41, 5.74) is 1.60. The summed E-state index contributed by atoms with van der Waals surface area (Å²) >= 11 is 3.40. The number of carbonyl (C=O) groups is 2. The van der Waals surface area contributed by atoms with Crippen molar-refractivity contribution in [2.24, 2.45) is 0 Å². The molecule has 0 aliphatic carbocycles. The Morgan fingerprint density at radius 1 is 1.35 bits per heavy atom. The first-order chi connectivity index (χ1) is 9.45. The van der Waals surface area contributed by atoms with Crippen molar-refractivity contribution in [1.29, 1.82) is 0 Å². The molecule has 0 bridgehead atoms. The van der Waals surface area contributed by atoms with Crippen LogP contribution in [0.1, 0.15) is 42.6 Å². The number of hydrogen-bond donors (Lipinski definition) is 2. The van der Waals surface area contributed by atoms with Gasteiger partial charge in [0.15, 0.2) is 0 Å². The Morgan fingerprint density at radius 3 is 2.70 bits per heavy atom. The summed E-state index contributed by atoms with van der Waals surface area (Å²) in [7, 11) is 0. The summed E-state index contributed by atoms with van der Waals surface area (Å²) in [5, 5.41) is 5.62. The second-order valence-electron chi connectivity index (χ2n) is 4.82. The molecule has 1 unspecified atom stereocenters. The molecule has 0 radical (unpaired) electrons. The molecule has 0 saturated heterocycles. The van der Waals surface area contributed by atoms with Crippen LogP contribution in [0.5, 0.6) is 0 Å². The van der Waals surface area contributed by atoms with Crippen LogP contribution in [-0.2, 0) is 4.79 Å². The van der Waals surface area contributed by atoms with Gasteiger partial charge in [0.2, 0.25) is 5.91 Å². The van der Waals surface area contributed by atoms with Crippen LogP contribution in [0.15, 0.2) is 22.7 Å². The third-order valence-corrected chi connectivity index (χ3v) is 4.15. The Bertz CT molecular complexity index is 489. The molecule has 1 aromatic carbocycles. The van der Waals surface area contributed by atoms with Gasteiger partial charge < -0.3 is 10.6 Å². The van der Waals surface area contributed by atoms with E-state index >= 15 is 0 Å². The molecule has 0 fully saturated rings. The van der Waals surface area contributed by atoms with E-state index < -0.39 is 0 Å². The van der Waals surface area contributed by atoms with Crippen LogP contribution in [0.2, 0.25) is 0 Å². The Labute approximate surface area is 128 Å². The second kappa shape index (κ2) is 8.04. The fraction of sp³-hybridized carbons (Fsp3) is 0.467. The van der Waals surface area contributed by atoms with Crippen molar-refractivity contribution in [1.82, 2.24) is 10.6 Å². The summed E-state index contributed by atoms with van der Waals surface area (Å²) in [6.07, 6.45) is 1.19. The third-order valence-electron chi connectivity index (χ3n) is 3.09. The Morgan fingerprint density at radius 2 is 2.05 bits per heavy atom. The fourth-order valence-electron chi connectivity index (χ4n) is 1.66. The summed E-state index contributed by atoms with van der Waals surface area (Å²) in [4.78, 5) is 23.6. The van der Waals surface area contributed by atoms with E-state index in [-0.39, 0.29) is 17.9 Å². The molecule has 20 heavy (non-hydrogen) atoms. The maximum atomic E-state index is 12.0. The van der Waals surface area contributed by atoms with Gasteiger partial charge in [-0.3, -0.25) is 9.59 Å². The first-order valence-electron chi connectivity index (χ1n) is 6.78. The number of amides is 2. The number of carbonyl (C=O) groups excluding carboxylic acids is 2. The highest BCUT2D eigenvalue weighted by atomic mass is 79.9. The van der Waals surface area contributed by atoms with Gasteiger partial charge in [0.25, 0.3) is 5.91 Å². The molecule has 0 aliphatic rings. The SMILES string of the molecule is CCC(C)NC(=O)CCNC(=O)c1cccc(C)c1Br. The van der Waals surface area contributed by atoms with Crippen LogP contribution in [0, 0.1) is 6.92 Å². The highest BCUT2D eigenvalue weighted by Crippen LogP contribution is 2.20. The van der Waals surface area contributed by atoms with E-state index in [9.17, 15) is 9.59 Å². The molecule has 0 aromatic heterocycles. The fourth-order valence-corrected chi connectivity index (χ4v) is 2.10. The quantitative estimate of drug-likeness (QED) is 0.836. The maximum Gasteiger partial charge on any atom is 0.252 e. The van der Waals surface area contributed by atoms with Gasteiger partial charge in [-0.25, -0.2) is 0 Å². The monoisotopic (exact) mass is 340 g/mol. The highest BCUT2D eigenvalue weighted by molar-refractivity contribution is 9.10. The molecule has 2 amide bonds. The number of benzene rings is 1.